The minimum Gasteiger partial charge on any atom is -0.489 e. The van der Waals surface area contributed by atoms with Crippen LogP contribution in [-0.4, -0.2) is 11.0 Å². The Labute approximate surface area is 145 Å². The van der Waals surface area contributed by atoms with Crippen molar-refractivity contribution in [3.05, 3.63) is 52.2 Å². The first kappa shape index (κ1) is 16.6. The highest BCUT2D eigenvalue weighted by Crippen LogP contribution is 2.34. The zero-order valence-corrected chi connectivity index (χ0v) is 15.1. The summed E-state index contributed by atoms with van der Waals surface area (Å²) >= 11 is 1.63. The van der Waals surface area contributed by atoms with Gasteiger partial charge in [-0.05, 0) is 55.8 Å². The summed E-state index contributed by atoms with van der Waals surface area (Å²) in [6.45, 7) is 7.96. The summed E-state index contributed by atoms with van der Waals surface area (Å²) in [5.41, 5.74) is 4.49. The van der Waals surface area contributed by atoms with E-state index in [1.54, 1.807) is 11.3 Å². The molecule has 1 N–H and O–H groups in total. The van der Waals surface area contributed by atoms with Gasteiger partial charge in [-0.1, -0.05) is 0 Å². The summed E-state index contributed by atoms with van der Waals surface area (Å²) in [5.74, 6) is 0.577. The van der Waals surface area contributed by atoms with Crippen molar-refractivity contribution in [2.45, 2.75) is 40.4 Å². The van der Waals surface area contributed by atoms with Gasteiger partial charge in [-0.25, -0.2) is 0 Å². The molecule has 0 aliphatic heterocycles. The first-order chi connectivity index (χ1) is 11.4. The molecule has 0 bridgehead atoms. The number of ether oxygens (including phenoxy) is 2. The van der Waals surface area contributed by atoms with Crippen molar-refractivity contribution in [3.8, 4) is 5.75 Å². The number of carbonyl (C=O) groups is 1. The highest BCUT2D eigenvalue weighted by molar-refractivity contribution is 7.17. The minimum absolute atomic E-state index is 0.242. The van der Waals surface area contributed by atoms with E-state index < -0.39 is 0 Å². The highest BCUT2D eigenvalue weighted by atomic mass is 32.1. The SMILES string of the molecule is CC(=O)OC(C)c1csc2cc(OCc3cc(C)[nH]c3C)ccc12. The fraction of sp³-hybridized carbons (Fsp3) is 0.316. The van der Waals surface area contributed by atoms with Crippen LogP contribution in [0.1, 0.15) is 42.5 Å². The summed E-state index contributed by atoms with van der Waals surface area (Å²) in [6, 6.07) is 8.15. The highest BCUT2D eigenvalue weighted by Gasteiger charge is 2.14. The molecule has 126 valence electrons. The molecule has 0 aliphatic carbocycles. The Morgan fingerprint density at radius 2 is 2.08 bits per heavy atom. The van der Waals surface area contributed by atoms with E-state index in [1.165, 1.54) is 12.5 Å². The molecule has 3 aromatic rings. The maximum Gasteiger partial charge on any atom is 0.303 e. The van der Waals surface area contributed by atoms with Crippen LogP contribution in [0.5, 0.6) is 5.75 Å². The van der Waals surface area contributed by atoms with Gasteiger partial charge in [0.25, 0.3) is 0 Å². The lowest BCUT2D eigenvalue weighted by atomic mass is 10.1. The molecular formula is C19H21NO3S. The number of benzene rings is 1. The average Bonchev–Trinajstić information content (AvgIpc) is 3.06. The fourth-order valence-corrected chi connectivity index (χ4v) is 3.91. The fourth-order valence-electron chi connectivity index (χ4n) is 2.84. The Hall–Kier alpha value is -2.27. The predicted molar refractivity (Wildman–Crippen MR) is 96.6 cm³/mol. The van der Waals surface area contributed by atoms with E-state index in [0.717, 1.165) is 32.8 Å². The maximum atomic E-state index is 11.1. The number of aromatic nitrogens is 1. The largest absolute Gasteiger partial charge is 0.489 e. The zero-order valence-electron chi connectivity index (χ0n) is 14.3. The number of hydrogen-bond acceptors (Lipinski definition) is 4. The van der Waals surface area contributed by atoms with Gasteiger partial charge in [0.15, 0.2) is 0 Å². The second-order valence-electron chi connectivity index (χ2n) is 5.99. The van der Waals surface area contributed by atoms with E-state index in [0.29, 0.717) is 6.61 Å². The van der Waals surface area contributed by atoms with Crippen molar-refractivity contribution in [1.82, 2.24) is 4.98 Å². The van der Waals surface area contributed by atoms with Crippen LogP contribution < -0.4 is 4.74 Å². The van der Waals surface area contributed by atoms with Crippen molar-refractivity contribution in [2.24, 2.45) is 0 Å². The van der Waals surface area contributed by atoms with Crippen LogP contribution in [0, 0.1) is 13.8 Å². The molecule has 1 aromatic carbocycles. The number of thiophene rings is 1. The van der Waals surface area contributed by atoms with Crippen molar-refractivity contribution in [1.29, 1.82) is 0 Å². The number of hydrogen-bond donors (Lipinski definition) is 1. The molecule has 0 aliphatic rings. The molecule has 1 atom stereocenters. The summed E-state index contributed by atoms with van der Waals surface area (Å²) in [4.78, 5) is 14.4. The van der Waals surface area contributed by atoms with E-state index in [2.05, 4.69) is 18.0 Å². The molecule has 1 unspecified atom stereocenters. The van der Waals surface area contributed by atoms with Gasteiger partial charge in [-0.15, -0.1) is 11.3 Å². The zero-order chi connectivity index (χ0) is 17.3. The third-order valence-electron chi connectivity index (χ3n) is 4.01. The smallest absolute Gasteiger partial charge is 0.303 e. The molecular weight excluding hydrogens is 322 g/mol. The van der Waals surface area contributed by atoms with E-state index >= 15 is 0 Å². The minimum atomic E-state index is -0.265. The summed E-state index contributed by atoms with van der Waals surface area (Å²) in [5, 5.41) is 3.15. The third-order valence-corrected chi connectivity index (χ3v) is 4.97. The first-order valence-electron chi connectivity index (χ1n) is 7.90. The number of aromatic amines is 1. The summed E-state index contributed by atoms with van der Waals surface area (Å²) in [6.07, 6.45) is -0.242. The van der Waals surface area contributed by atoms with Gasteiger partial charge < -0.3 is 14.5 Å². The average molecular weight is 343 g/mol. The molecule has 0 fully saturated rings. The monoisotopic (exact) mass is 343 g/mol. The lowest BCUT2D eigenvalue weighted by molar-refractivity contribution is -0.145. The van der Waals surface area contributed by atoms with Crippen molar-refractivity contribution < 1.29 is 14.3 Å². The standard InChI is InChI=1S/C19H21NO3S/c1-11-7-15(12(2)20-11)9-22-16-5-6-17-18(10-24-19(17)8-16)13(3)23-14(4)21/h5-8,10,13,20H,9H2,1-4H3. The van der Waals surface area contributed by atoms with E-state index in [-0.39, 0.29) is 12.1 Å². The van der Waals surface area contributed by atoms with Crippen LogP contribution in [-0.2, 0) is 16.1 Å². The number of carbonyl (C=O) groups excluding carboxylic acids is 1. The molecule has 2 heterocycles. The topological polar surface area (TPSA) is 51.3 Å². The Balaban J connectivity index is 1.77. The number of rotatable bonds is 5. The predicted octanol–water partition coefficient (Wildman–Crippen LogP) is 5.05. The maximum absolute atomic E-state index is 11.1. The van der Waals surface area contributed by atoms with E-state index in [4.69, 9.17) is 9.47 Å². The Morgan fingerprint density at radius 1 is 1.29 bits per heavy atom. The molecule has 0 saturated carbocycles. The Bertz CT molecular complexity index is 878. The lowest BCUT2D eigenvalue weighted by Crippen LogP contribution is -2.04. The van der Waals surface area contributed by atoms with Gasteiger partial charge >= 0.3 is 5.97 Å². The van der Waals surface area contributed by atoms with E-state index in [9.17, 15) is 4.79 Å². The quantitative estimate of drug-likeness (QED) is 0.660. The van der Waals surface area contributed by atoms with Gasteiger partial charge in [-0.2, -0.15) is 0 Å². The van der Waals surface area contributed by atoms with Crippen LogP contribution >= 0.6 is 11.3 Å². The van der Waals surface area contributed by atoms with Crippen LogP contribution in [0.3, 0.4) is 0 Å². The second kappa shape index (κ2) is 6.69. The summed E-state index contributed by atoms with van der Waals surface area (Å²) in [7, 11) is 0. The molecule has 5 heteroatoms. The first-order valence-corrected chi connectivity index (χ1v) is 8.78. The van der Waals surface area contributed by atoms with Gasteiger partial charge in [0.05, 0.1) is 0 Å². The van der Waals surface area contributed by atoms with Crippen molar-refractivity contribution >= 4 is 27.4 Å². The lowest BCUT2D eigenvalue weighted by Gasteiger charge is -2.11. The Morgan fingerprint density at radius 3 is 2.75 bits per heavy atom. The number of aryl methyl sites for hydroxylation is 2. The molecule has 0 amide bonds. The normalized spacial score (nSPS) is 12.3. The number of fused-ring (bicyclic) bond motifs is 1. The molecule has 2 aromatic heterocycles. The summed E-state index contributed by atoms with van der Waals surface area (Å²) < 4.78 is 12.3. The second-order valence-corrected chi connectivity index (χ2v) is 6.90. The third kappa shape index (κ3) is 3.46. The van der Waals surface area contributed by atoms with Crippen LogP contribution in [0.15, 0.2) is 29.6 Å². The molecule has 0 spiro atoms. The van der Waals surface area contributed by atoms with Gasteiger partial charge in [-0.3, -0.25) is 4.79 Å². The van der Waals surface area contributed by atoms with Crippen LogP contribution in [0.25, 0.3) is 10.1 Å². The van der Waals surface area contributed by atoms with Crippen LogP contribution in [0.2, 0.25) is 0 Å². The molecule has 24 heavy (non-hydrogen) atoms. The van der Waals surface area contributed by atoms with E-state index in [1.807, 2.05) is 37.4 Å². The molecule has 0 saturated heterocycles. The van der Waals surface area contributed by atoms with Gasteiger partial charge in [0.1, 0.15) is 18.5 Å². The molecule has 4 nitrogen and oxygen atoms in total. The van der Waals surface area contributed by atoms with Gasteiger partial charge in [0.2, 0.25) is 0 Å². The number of nitrogens with one attached hydrogen (secondary N) is 1. The molecule has 0 radical (unpaired) electrons. The van der Waals surface area contributed by atoms with Crippen LogP contribution in [0.4, 0.5) is 0 Å². The molecule has 3 rings (SSSR count). The van der Waals surface area contributed by atoms with Crippen molar-refractivity contribution in [3.63, 3.8) is 0 Å². The Kier molecular flexibility index (Phi) is 4.62. The van der Waals surface area contributed by atoms with Crippen molar-refractivity contribution in [2.75, 3.05) is 0 Å². The van der Waals surface area contributed by atoms with Gasteiger partial charge in [0, 0.05) is 34.1 Å². The number of esters is 1. The number of H-pyrrole nitrogens is 1.